The number of amides is 1. The Morgan fingerprint density at radius 3 is 2.74 bits per heavy atom. The van der Waals surface area contributed by atoms with Crippen molar-refractivity contribution in [3.63, 3.8) is 0 Å². The first-order valence-corrected chi connectivity index (χ1v) is 7.94. The molecule has 0 unspecified atom stereocenters. The number of rotatable bonds is 4. The Morgan fingerprint density at radius 1 is 1.13 bits per heavy atom. The van der Waals surface area contributed by atoms with Gasteiger partial charge in [-0.2, -0.15) is 0 Å². The molecule has 0 aliphatic carbocycles. The Kier molecular flexibility index (Phi) is 4.72. The normalized spacial score (nSPS) is 12.8. The third-order valence-corrected chi connectivity index (χ3v) is 3.96. The molecular formula is C18H18ClNO3. The molecule has 0 atom stereocenters. The molecule has 0 spiro atoms. The standard InChI is InChI=1S/C18H18ClNO3/c1-12-2-5-14(19)11-15(12)20-18(21)7-4-13-3-6-16-17(10-13)23-9-8-22-16/h2-3,5-6,10-11H,4,7-9H2,1H3,(H,20,21). The molecule has 5 heteroatoms. The molecule has 0 fully saturated rings. The quantitative estimate of drug-likeness (QED) is 0.921. The van der Waals surface area contributed by atoms with Gasteiger partial charge in [0.2, 0.25) is 5.91 Å². The van der Waals surface area contributed by atoms with Crippen LogP contribution in [-0.4, -0.2) is 19.1 Å². The fraction of sp³-hybridized carbons (Fsp3) is 0.278. The van der Waals surface area contributed by atoms with E-state index in [-0.39, 0.29) is 5.91 Å². The fourth-order valence-corrected chi connectivity index (χ4v) is 2.61. The molecule has 0 bridgehead atoms. The van der Waals surface area contributed by atoms with Crippen LogP contribution in [0.15, 0.2) is 36.4 Å². The van der Waals surface area contributed by atoms with Gasteiger partial charge in [0.15, 0.2) is 11.5 Å². The highest BCUT2D eigenvalue weighted by atomic mass is 35.5. The molecular weight excluding hydrogens is 314 g/mol. The molecule has 120 valence electrons. The van der Waals surface area contributed by atoms with Crippen molar-refractivity contribution in [2.45, 2.75) is 19.8 Å². The number of fused-ring (bicyclic) bond motifs is 1. The largest absolute Gasteiger partial charge is 0.486 e. The van der Waals surface area contributed by atoms with Crippen molar-refractivity contribution in [3.8, 4) is 11.5 Å². The van der Waals surface area contributed by atoms with E-state index in [0.717, 1.165) is 28.3 Å². The van der Waals surface area contributed by atoms with Crippen LogP contribution >= 0.6 is 11.6 Å². The zero-order valence-electron chi connectivity index (χ0n) is 12.9. The summed E-state index contributed by atoms with van der Waals surface area (Å²) in [4.78, 5) is 12.1. The van der Waals surface area contributed by atoms with Gasteiger partial charge in [-0.1, -0.05) is 23.7 Å². The van der Waals surface area contributed by atoms with Gasteiger partial charge in [0.1, 0.15) is 13.2 Å². The number of hydrogen-bond donors (Lipinski definition) is 1. The molecule has 2 aromatic carbocycles. The molecule has 0 radical (unpaired) electrons. The van der Waals surface area contributed by atoms with Crippen LogP contribution in [-0.2, 0) is 11.2 Å². The zero-order valence-corrected chi connectivity index (χ0v) is 13.7. The molecule has 2 aromatic rings. The number of hydrogen-bond acceptors (Lipinski definition) is 3. The lowest BCUT2D eigenvalue weighted by molar-refractivity contribution is -0.116. The van der Waals surface area contributed by atoms with Crippen LogP contribution in [0.3, 0.4) is 0 Å². The summed E-state index contributed by atoms with van der Waals surface area (Å²) < 4.78 is 11.0. The summed E-state index contributed by atoms with van der Waals surface area (Å²) in [6.07, 6.45) is 1.04. The number of carbonyl (C=O) groups excluding carboxylic acids is 1. The predicted molar refractivity (Wildman–Crippen MR) is 90.6 cm³/mol. The minimum absolute atomic E-state index is 0.0368. The van der Waals surface area contributed by atoms with E-state index < -0.39 is 0 Å². The Bertz CT molecular complexity index is 730. The number of anilines is 1. The van der Waals surface area contributed by atoms with Crippen molar-refractivity contribution in [2.24, 2.45) is 0 Å². The summed E-state index contributed by atoms with van der Waals surface area (Å²) in [6, 6.07) is 11.3. The topological polar surface area (TPSA) is 47.6 Å². The average molecular weight is 332 g/mol. The summed E-state index contributed by atoms with van der Waals surface area (Å²) in [7, 11) is 0. The van der Waals surface area contributed by atoms with E-state index in [1.807, 2.05) is 37.3 Å². The van der Waals surface area contributed by atoms with Crippen LogP contribution in [0.1, 0.15) is 17.5 Å². The lowest BCUT2D eigenvalue weighted by atomic mass is 10.1. The van der Waals surface area contributed by atoms with E-state index in [9.17, 15) is 4.79 Å². The molecule has 0 aromatic heterocycles. The second-order valence-corrected chi connectivity index (χ2v) is 5.92. The number of benzene rings is 2. The van der Waals surface area contributed by atoms with E-state index in [0.29, 0.717) is 31.1 Å². The minimum Gasteiger partial charge on any atom is -0.486 e. The second kappa shape index (κ2) is 6.92. The first kappa shape index (κ1) is 15.7. The SMILES string of the molecule is Cc1ccc(Cl)cc1NC(=O)CCc1ccc2c(c1)OCCO2. The van der Waals surface area contributed by atoms with Crippen LogP contribution in [0.2, 0.25) is 5.02 Å². The van der Waals surface area contributed by atoms with Crippen molar-refractivity contribution >= 4 is 23.2 Å². The van der Waals surface area contributed by atoms with E-state index in [1.165, 1.54) is 0 Å². The maximum absolute atomic E-state index is 12.1. The van der Waals surface area contributed by atoms with E-state index in [2.05, 4.69) is 5.32 Å². The summed E-state index contributed by atoms with van der Waals surface area (Å²) in [6.45, 7) is 3.07. The number of halogens is 1. The van der Waals surface area contributed by atoms with Crippen molar-refractivity contribution < 1.29 is 14.3 Å². The van der Waals surface area contributed by atoms with Crippen molar-refractivity contribution in [1.29, 1.82) is 0 Å². The van der Waals surface area contributed by atoms with Gasteiger partial charge in [-0.25, -0.2) is 0 Å². The van der Waals surface area contributed by atoms with E-state index in [4.69, 9.17) is 21.1 Å². The highest BCUT2D eigenvalue weighted by Crippen LogP contribution is 2.31. The minimum atomic E-state index is -0.0368. The fourth-order valence-electron chi connectivity index (χ4n) is 2.44. The summed E-state index contributed by atoms with van der Waals surface area (Å²) in [5, 5.41) is 3.51. The summed E-state index contributed by atoms with van der Waals surface area (Å²) >= 11 is 5.96. The third-order valence-electron chi connectivity index (χ3n) is 3.72. The van der Waals surface area contributed by atoms with E-state index in [1.54, 1.807) is 6.07 Å². The Labute approximate surface area is 140 Å². The molecule has 3 rings (SSSR count). The Morgan fingerprint density at radius 2 is 1.91 bits per heavy atom. The highest BCUT2D eigenvalue weighted by molar-refractivity contribution is 6.31. The molecule has 1 amide bonds. The summed E-state index contributed by atoms with van der Waals surface area (Å²) in [5.41, 5.74) is 2.79. The van der Waals surface area contributed by atoms with Gasteiger partial charge in [0, 0.05) is 17.1 Å². The molecule has 4 nitrogen and oxygen atoms in total. The number of aryl methyl sites for hydroxylation is 2. The third kappa shape index (κ3) is 3.96. The Balaban J connectivity index is 1.59. The zero-order chi connectivity index (χ0) is 16.2. The first-order chi connectivity index (χ1) is 11.1. The van der Waals surface area contributed by atoms with Gasteiger partial charge in [-0.15, -0.1) is 0 Å². The molecule has 1 heterocycles. The number of carbonyl (C=O) groups is 1. The second-order valence-electron chi connectivity index (χ2n) is 5.49. The average Bonchev–Trinajstić information content (AvgIpc) is 2.56. The lowest BCUT2D eigenvalue weighted by Gasteiger charge is -2.18. The molecule has 0 saturated heterocycles. The smallest absolute Gasteiger partial charge is 0.224 e. The highest BCUT2D eigenvalue weighted by Gasteiger charge is 2.12. The Hall–Kier alpha value is -2.20. The van der Waals surface area contributed by atoms with Gasteiger partial charge in [0.05, 0.1) is 0 Å². The van der Waals surface area contributed by atoms with Gasteiger partial charge in [-0.05, 0) is 48.7 Å². The maximum Gasteiger partial charge on any atom is 0.224 e. The van der Waals surface area contributed by atoms with Crippen molar-refractivity contribution in [1.82, 2.24) is 0 Å². The van der Waals surface area contributed by atoms with Crippen LogP contribution in [0.4, 0.5) is 5.69 Å². The molecule has 1 N–H and O–H groups in total. The van der Waals surface area contributed by atoms with Crippen molar-refractivity contribution in [2.75, 3.05) is 18.5 Å². The lowest BCUT2D eigenvalue weighted by Crippen LogP contribution is -2.16. The predicted octanol–water partition coefficient (Wildman–Crippen LogP) is 3.99. The van der Waals surface area contributed by atoms with Gasteiger partial charge in [0.25, 0.3) is 0 Å². The van der Waals surface area contributed by atoms with Crippen LogP contribution in [0, 0.1) is 6.92 Å². The monoisotopic (exact) mass is 331 g/mol. The maximum atomic E-state index is 12.1. The molecule has 23 heavy (non-hydrogen) atoms. The van der Waals surface area contributed by atoms with Crippen LogP contribution < -0.4 is 14.8 Å². The van der Waals surface area contributed by atoms with Crippen molar-refractivity contribution in [3.05, 3.63) is 52.5 Å². The first-order valence-electron chi connectivity index (χ1n) is 7.56. The van der Waals surface area contributed by atoms with Crippen LogP contribution in [0.5, 0.6) is 11.5 Å². The van der Waals surface area contributed by atoms with E-state index >= 15 is 0 Å². The summed E-state index contributed by atoms with van der Waals surface area (Å²) in [5.74, 6) is 1.48. The number of ether oxygens (including phenoxy) is 2. The number of nitrogens with one attached hydrogen (secondary N) is 1. The molecule has 1 aliphatic heterocycles. The van der Waals surface area contributed by atoms with Crippen LogP contribution in [0.25, 0.3) is 0 Å². The molecule has 0 saturated carbocycles. The van der Waals surface area contributed by atoms with Gasteiger partial charge >= 0.3 is 0 Å². The van der Waals surface area contributed by atoms with Gasteiger partial charge < -0.3 is 14.8 Å². The molecule has 1 aliphatic rings. The van der Waals surface area contributed by atoms with Gasteiger partial charge in [-0.3, -0.25) is 4.79 Å².